The summed E-state index contributed by atoms with van der Waals surface area (Å²) in [6, 6.07) is 13.0. The predicted molar refractivity (Wildman–Crippen MR) is 117 cm³/mol. The van der Waals surface area contributed by atoms with Crippen LogP contribution >= 0.6 is 11.8 Å². The molecule has 1 saturated heterocycles. The molecule has 7 heteroatoms. The van der Waals surface area contributed by atoms with Crippen LogP contribution < -0.4 is 14.2 Å². The minimum Gasteiger partial charge on any atom is -0.497 e. The average molecular weight is 413 g/mol. The van der Waals surface area contributed by atoms with Gasteiger partial charge in [-0.2, -0.15) is 0 Å². The minimum absolute atomic E-state index is 0.0979. The van der Waals surface area contributed by atoms with Crippen molar-refractivity contribution in [1.29, 1.82) is 0 Å². The Morgan fingerprint density at radius 1 is 1.07 bits per heavy atom. The fourth-order valence-electron chi connectivity index (χ4n) is 2.86. The second-order valence-electron chi connectivity index (χ2n) is 6.24. The van der Waals surface area contributed by atoms with Crippen LogP contribution in [0.25, 0.3) is 6.08 Å². The summed E-state index contributed by atoms with van der Waals surface area (Å²) in [5.74, 6) is 2.83. The van der Waals surface area contributed by atoms with E-state index in [0.29, 0.717) is 28.9 Å². The maximum atomic E-state index is 12.8. The normalized spacial score (nSPS) is 15.6. The van der Waals surface area contributed by atoms with Crippen molar-refractivity contribution in [2.45, 2.75) is 6.42 Å². The number of ether oxygens (including phenoxy) is 3. The summed E-state index contributed by atoms with van der Waals surface area (Å²) >= 11 is 1.57. The van der Waals surface area contributed by atoms with Crippen molar-refractivity contribution >= 4 is 34.6 Å². The van der Waals surface area contributed by atoms with Crippen molar-refractivity contribution in [2.24, 2.45) is 4.99 Å². The van der Waals surface area contributed by atoms with Crippen molar-refractivity contribution in [1.82, 2.24) is 4.90 Å². The van der Waals surface area contributed by atoms with Gasteiger partial charge in [0.25, 0.3) is 5.91 Å². The third kappa shape index (κ3) is 5.32. The number of carbonyl (C=O) groups excluding carboxylic acids is 1. The number of rotatable bonds is 6. The number of thioether (sulfide) groups is 1. The van der Waals surface area contributed by atoms with Gasteiger partial charge in [-0.1, -0.05) is 23.9 Å². The van der Waals surface area contributed by atoms with Crippen molar-refractivity contribution in [3.05, 3.63) is 54.1 Å². The third-order valence-electron chi connectivity index (χ3n) is 4.36. The molecule has 6 nitrogen and oxygen atoms in total. The van der Waals surface area contributed by atoms with E-state index in [1.54, 1.807) is 62.3 Å². The Bertz CT molecular complexity index is 927. The lowest BCUT2D eigenvalue weighted by Gasteiger charge is -2.26. The Morgan fingerprint density at radius 2 is 1.90 bits per heavy atom. The van der Waals surface area contributed by atoms with E-state index < -0.39 is 0 Å². The second kappa shape index (κ2) is 10.0. The monoisotopic (exact) mass is 412 g/mol. The zero-order valence-electron chi connectivity index (χ0n) is 16.8. The first-order valence-corrected chi connectivity index (χ1v) is 10.2. The van der Waals surface area contributed by atoms with Gasteiger partial charge in [0.05, 0.1) is 27.0 Å². The molecule has 0 spiro atoms. The Morgan fingerprint density at radius 3 is 2.66 bits per heavy atom. The summed E-state index contributed by atoms with van der Waals surface area (Å²) in [6.07, 6.45) is 4.29. The summed E-state index contributed by atoms with van der Waals surface area (Å²) in [5, 5.41) is 0.684. The van der Waals surface area contributed by atoms with Crippen LogP contribution in [0.2, 0.25) is 0 Å². The Labute approximate surface area is 175 Å². The van der Waals surface area contributed by atoms with E-state index in [1.165, 1.54) is 0 Å². The number of methoxy groups -OCH3 is 3. The minimum atomic E-state index is -0.0979. The number of carbonyl (C=O) groups is 1. The van der Waals surface area contributed by atoms with Crippen LogP contribution in [0.15, 0.2) is 53.5 Å². The van der Waals surface area contributed by atoms with E-state index in [-0.39, 0.29) is 5.91 Å². The lowest BCUT2D eigenvalue weighted by atomic mass is 10.2. The van der Waals surface area contributed by atoms with E-state index >= 15 is 0 Å². The van der Waals surface area contributed by atoms with Crippen LogP contribution in [0, 0.1) is 0 Å². The van der Waals surface area contributed by atoms with Crippen LogP contribution in [-0.4, -0.2) is 49.6 Å². The molecular formula is C22H24N2O4S. The summed E-state index contributed by atoms with van der Waals surface area (Å²) in [6.45, 7) is 0.639. The number of hydrogen-bond acceptors (Lipinski definition) is 6. The molecule has 0 aliphatic carbocycles. The largest absolute Gasteiger partial charge is 0.497 e. The van der Waals surface area contributed by atoms with Crippen LogP contribution in [0.3, 0.4) is 0 Å². The van der Waals surface area contributed by atoms with Crippen molar-refractivity contribution in [2.75, 3.05) is 33.6 Å². The molecule has 1 fully saturated rings. The topological polar surface area (TPSA) is 60.4 Å². The fraction of sp³-hybridized carbons (Fsp3) is 0.273. The van der Waals surface area contributed by atoms with Gasteiger partial charge in [0.2, 0.25) is 0 Å². The van der Waals surface area contributed by atoms with E-state index in [9.17, 15) is 4.79 Å². The van der Waals surface area contributed by atoms with Crippen LogP contribution in [0.5, 0.6) is 17.2 Å². The van der Waals surface area contributed by atoms with Gasteiger partial charge in [0.15, 0.2) is 16.7 Å². The van der Waals surface area contributed by atoms with Gasteiger partial charge in [0, 0.05) is 24.4 Å². The molecule has 29 heavy (non-hydrogen) atoms. The van der Waals surface area contributed by atoms with Gasteiger partial charge < -0.3 is 14.2 Å². The first-order valence-electron chi connectivity index (χ1n) is 9.21. The molecule has 152 valence electrons. The average Bonchev–Trinajstić information content (AvgIpc) is 2.77. The molecule has 0 saturated carbocycles. The highest BCUT2D eigenvalue weighted by Gasteiger charge is 2.22. The third-order valence-corrected chi connectivity index (χ3v) is 5.42. The lowest BCUT2D eigenvalue weighted by molar-refractivity contribution is -0.122. The molecule has 0 atom stereocenters. The number of amides is 1. The standard InChI is InChI=1S/C22H24N2O4S/c1-26-18-7-4-6-16(14-18)8-11-21(25)24-12-5-13-29-22(24)23-17-9-10-19(27-2)20(15-17)28-3/h4,6-11,14-15H,5,12-13H2,1-3H3/b11-8+,23-22?. The molecule has 1 aliphatic heterocycles. The van der Waals surface area contributed by atoms with Crippen LogP contribution in [-0.2, 0) is 4.79 Å². The van der Waals surface area contributed by atoms with Gasteiger partial charge in [-0.3, -0.25) is 9.69 Å². The maximum Gasteiger partial charge on any atom is 0.252 e. The van der Waals surface area contributed by atoms with Crippen molar-refractivity contribution < 1.29 is 19.0 Å². The zero-order chi connectivity index (χ0) is 20.6. The number of amidine groups is 1. The van der Waals surface area contributed by atoms with Gasteiger partial charge in [-0.25, -0.2) is 4.99 Å². The van der Waals surface area contributed by atoms with Gasteiger partial charge in [0.1, 0.15) is 5.75 Å². The summed E-state index contributed by atoms with van der Waals surface area (Å²) in [7, 11) is 4.80. The van der Waals surface area contributed by atoms with Crippen LogP contribution in [0.1, 0.15) is 12.0 Å². The highest BCUT2D eigenvalue weighted by atomic mass is 32.2. The molecule has 0 radical (unpaired) electrons. The molecule has 0 aromatic heterocycles. The Hall–Kier alpha value is -2.93. The van der Waals surface area contributed by atoms with E-state index in [2.05, 4.69) is 4.99 Å². The van der Waals surface area contributed by atoms with Gasteiger partial charge in [-0.05, 0) is 42.3 Å². The SMILES string of the molecule is COc1cccc(/C=C/C(=O)N2CCCSC2=Nc2ccc(OC)c(OC)c2)c1. The molecule has 2 aromatic rings. The fourth-order valence-corrected chi connectivity index (χ4v) is 3.83. The first kappa shape index (κ1) is 20.8. The maximum absolute atomic E-state index is 12.8. The predicted octanol–water partition coefficient (Wildman–Crippen LogP) is 4.38. The molecule has 3 rings (SSSR count). The number of benzene rings is 2. The van der Waals surface area contributed by atoms with E-state index in [1.807, 2.05) is 30.3 Å². The van der Waals surface area contributed by atoms with E-state index in [4.69, 9.17) is 14.2 Å². The number of hydrogen-bond donors (Lipinski definition) is 0. The first-order chi connectivity index (χ1) is 14.1. The Kier molecular flexibility index (Phi) is 7.19. The van der Waals surface area contributed by atoms with Gasteiger partial charge >= 0.3 is 0 Å². The molecule has 1 aliphatic rings. The van der Waals surface area contributed by atoms with E-state index in [0.717, 1.165) is 23.5 Å². The smallest absolute Gasteiger partial charge is 0.252 e. The van der Waals surface area contributed by atoms with Crippen molar-refractivity contribution in [3.63, 3.8) is 0 Å². The summed E-state index contributed by atoms with van der Waals surface area (Å²) < 4.78 is 15.8. The Balaban J connectivity index is 1.80. The highest BCUT2D eigenvalue weighted by Crippen LogP contribution is 2.32. The number of nitrogens with zero attached hydrogens (tertiary/aromatic N) is 2. The van der Waals surface area contributed by atoms with Gasteiger partial charge in [-0.15, -0.1) is 0 Å². The molecule has 1 amide bonds. The summed E-state index contributed by atoms with van der Waals surface area (Å²) in [5.41, 5.74) is 1.61. The van der Waals surface area contributed by atoms with Crippen LogP contribution in [0.4, 0.5) is 5.69 Å². The number of aliphatic imine (C=N–C) groups is 1. The zero-order valence-corrected chi connectivity index (χ0v) is 17.6. The summed E-state index contributed by atoms with van der Waals surface area (Å²) in [4.78, 5) is 19.2. The molecular weight excluding hydrogens is 388 g/mol. The molecule has 0 N–H and O–H groups in total. The highest BCUT2D eigenvalue weighted by molar-refractivity contribution is 8.13. The second-order valence-corrected chi connectivity index (χ2v) is 7.30. The molecule has 1 heterocycles. The van der Waals surface area contributed by atoms with Crippen molar-refractivity contribution in [3.8, 4) is 17.2 Å². The molecule has 0 unspecified atom stereocenters. The molecule has 0 bridgehead atoms. The molecule has 2 aromatic carbocycles. The lowest BCUT2D eigenvalue weighted by Crippen LogP contribution is -2.38. The quantitative estimate of drug-likeness (QED) is 0.659.